The Morgan fingerprint density at radius 3 is 2.48 bits per heavy atom. The van der Waals surface area contributed by atoms with Gasteiger partial charge in [-0.25, -0.2) is 9.59 Å². The minimum Gasteiger partial charge on any atom is -0.461 e. The number of nitrogens with one attached hydrogen (secondary N) is 1. The van der Waals surface area contributed by atoms with Crippen LogP contribution in [0.1, 0.15) is 67.7 Å². The Kier molecular flexibility index (Phi) is 10.9. The van der Waals surface area contributed by atoms with Gasteiger partial charge in [0.15, 0.2) is 0 Å². The summed E-state index contributed by atoms with van der Waals surface area (Å²) < 4.78 is 10.6. The van der Waals surface area contributed by atoms with Gasteiger partial charge < -0.3 is 25.4 Å². The van der Waals surface area contributed by atoms with Crippen LogP contribution in [0, 0.1) is 0 Å². The molecule has 1 rings (SSSR count). The first kappa shape index (κ1) is 26.8. The molecule has 1 amide bonds. The molecular formula is C23H42N4O4. The first-order valence-corrected chi connectivity index (χ1v) is 11.2. The normalized spacial score (nSPS) is 18.0. The number of nitrogens with two attached hydrogens (primary N) is 1. The monoisotopic (exact) mass is 438 g/mol. The number of allylic oxidation sites excluding steroid dienone is 2. The van der Waals surface area contributed by atoms with Crippen molar-refractivity contribution in [3.05, 3.63) is 23.0 Å². The van der Waals surface area contributed by atoms with Gasteiger partial charge in [-0.3, -0.25) is 4.90 Å². The van der Waals surface area contributed by atoms with E-state index in [1.165, 1.54) is 5.57 Å². The molecule has 1 atom stereocenters. The molecule has 0 aliphatic carbocycles. The lowest BCUT2D eigenvalue weighted by Gasteiger charge is -2.38. The van der Waals surface area contributed by atoms with Gasteiger partial charge in [0, 0.05) is 24.8 Å². The van der Waals surface area contributed by atoms with E-state index in [0.29, 0.717) is 37.8 Å². The van der Waals surface area contributed by atoms with E-state index in [0.717, 1.165) is 25.8 Å². The molecule has 1 aliphatic heterocycles. The van der Waals surface area contributed by atoms with E-state index in [4.69, 9.17) is 15.2 Å². The van der Waals surface area contributed by atoms with E-state index in [2.05, 4.69) is 30.1 Å². The van der Waals surface area contributed by atoms with E-state index in [-0.39, 0.29) is 6.04 Å². The summed E-state index contributed by atoms with van der Waals surface area (Å²) in [6.45, 7) is 16.2. The maximum absolute atomic E-state index is 12.6. The molecule has 1 unspecified atom stereocenters. The van der Waals surface area contributed by atoms with Crippen molar-refractivity contribution in [1.29, 1.82) is 0 Å². The molecule has 0 saturated carbocycles. The number of ether oxygens (including phenoxy) is 2. The Morgan fingerprint density at radius 2 is 1.94 bits per heavy atom. The van der Waals surface area contributed by atoms with Crippen molar-refractivity contribution in [1.82, 2.24) is 15.1 Å². The second kappa shape index (κ2) is 12.6. The van der Waals surface area contributed by atoms with Crippen molar-refractivity contribution in [3.8, 4) is 0 Å². The average Bonchev–Trinajstić information content (AvgIpc) is 2.59. The molecule has 1 aliphatic rings. The number of esters is 1. The molecule has 178 valence electrons. The summed E-state index contributed by atoms with van der Waals surface area (Å²) in [5, 5.41) is 2.97. The largest absolute Gasteiger partial charge is 0.461 e. The van der Waals surface area contributed by atoms with Gasteiger partial charge in [-0.1, -0.05) is 11.6 Å². The summed E-state index contributed by atoms with van der Waals surface area (Å²) in [7, 11) is 0. The molecule has 0 aromatic carbocycles. The molecule has 8 heteroatoms. The molecule has 0 radical (unpaired) electrons. The topological polar surface area (TPSA) is 97.1 Å². The summed E-state index contributed by atoms with van der Waals surface area (Å²) in [6.07, 6.45) is 4.38. The summed E-state index contributed by atoms with van der Waals surface area (Å²) in [5.41, 5.74) is 7.63. The molecule has 3 N–H and O–H groups in total. The van der Waals surface area contributed by atoms with Gasteiger partial charge in [0.25, 0.3) is 0 Å². The Hall–Kier alpha value is -2.22. The molecule has 8 nitrogen and oxygen atoms in total. The maximum atomic E-state index is 12.6. The number of carbonyl (C=O) groups excluding carboxylic acids is 2. The van der Waals surface area contributed by atoms with Gasteiger partial charge in [0.1, 0.15) is 11.3 Å². The number of likely N-dealkylation sites (tertiary alicyclic amines) is 1. The Bertz CT molecular complexity index is 659. The fourth-order valence-corrected chi connectivity index (χ4v) is 3.52. The molecule has 31 heavy (non-hydrogen) atoms. The molecule has 1 heterocycles. The highest BCUT2D eigenvalue weighted by molar-refractivity contribution is 5.88. The highest BCUT2D eigenvalue weighted by atomic mass is 16.6. The van der Waals surface area contributed by atoms with Gasteiger partial charge in [-0.05, 0) is 74.3 Å². The third-order valence-corrected chi connectivity index (χ3v) is 4.71. The van der Waals surface area contributed by atoms with Crippen LogP contribution < -0.4 is 11.1 Å². The fraction of sp³-hybridized carbons (Fsp3) is 0.739. The molecule has 0 aromatic heterocycles. The van der Waals surface area contributed by atoms with Crippen LogP contribution in [-0.2, 0) is 14.3 Å². The second-order valence-corrected chi connectivity index (χ2v) is 9.29. The number of carbonyl (C=O) groups is 2. The van der Waals surface area contributed by atoms with Crippen molar-refractivity contribution < 1.29 is 19.1 Å². The summed E-state index contributed by atoms with van der Waals surface area (Å²) in [5.74, 6) is -0.403. The molecule has 1 saturated heterocycles. The van der Waals surface area contributed by atoms with Crippen molar-refractivity contribution in [2.75, 3.05) is 32.9 Å². The third-order valence-electron chi connectivity index (χ3n) is 4.71. The first-order chi connectivity index (χ1) is 14.4. The van der Waals surface area contributed by atoms with E-state index in [1.807, 2.05) is 25.7 Å². The average molecular weight is 439 g/mol. The SMILES string of the molecule is CCOC(=O)/C(=C(\C)N)N(CCC=C(C)C)CN1CCCC(NC(=O)OC(C)(C)C)C1. The first-order valence-electron chi connectivity index (χ1n) is 11.2. The smallest absolute Gasteiger partial charge is 0.407 e. The lowest BCUT2D eigenvalue weighted by atomic mass is 10.1. The second-order valence-electron chi connectivity index (χ2n) is 9.29. The molecule has 0 aromatic rings. The standard InChI is InChI=1S/C23H42N4O4/c1-8-30-21(28)20(18(4)24)27(14-9-11-17(2)3)16-26-13-10-12-19(15-26)25-22(29)31-23(5,6)7/h11,19H,8-10,12-16,24H2,1-7H3,(H,25,29)/b20-18-. The quantitative estimate of drug-likeness (QED) is 0.324. The molecular weight excluding hydrogens is 396 g/mol. The number of hydrogen-bond donors (Lipinski definition) is 2. The number of hydrogen-bond acceptors (Lipinski definition) is 7. The van der Waals surface area contributed by atoms with Gasteiger partial charge in [0.2, 0.25) is 0 Å². The lowest BCUT2D eigenvalue weighted by molar-refractivity contribution is -0.140. The Morgan fingerprint density at radius 1 is 1.26 bits per heavy atom. The van der Waals surface area contributed by atoms with E-state index < -0.39 is 17.7 Å². The molecule has 0 spiro atoms. The minimum absolute atomic E-state index is 0.00257. The van der Waals surface area contributed by atoms with Crippen molar-refractivity contribution in [2.24, 2.45) is 5.73 Å². The minimum atomic E-state index is -0.530. The van der Waals surface area contributed by atoms with Gasteiger partial charge in [-0.15, -0.1) is 0 Å². The number of rotatable bonds is 9. The van der Waals surface area contributed by atoms with Crippen LogP contribution >= 0.6 is 0 Å². The van der Waals surface area contributed by atoms with Crippen LogP contribution in [0.5, 0.6) is 0 Å². The summed E-state index contributed by atoms with van der Waals surface area (Å²) in [4.78, 5) is 29.0. The Balaban J connectivity index is 2.89. The predicted molar refractivity (Wildman–Crippen MR) is 123 cm³/mol. The zero-order chi connectivity index (χ0) is 23.6. The number of piperidine rings is 1. The van der Waals surface area contributed by atoms with E-state index >= 15 is 0 Å². The van der Waals surface area contributed by atoms with E-state index in [9.17, 15) is 9.59 Å². The zero-order valence-corrected chi connectivity index (χ0v) is 20.4. The molecule has 0 bridgehead atoms. The van der Waals surface area contributed by atoms with Crippen molar-refractivity contribution in [3.63, 3.8) is 0 Å². The summed E-state index contributed by atoms with van der Waals surface area (Å²) in [6, 6.07) is -0.00257. The van der Waals surface area contributed by atoms with Gasteiger partial charge in [-0.2, -0.15) is 0 Å². The zero-order valence-electron chi connectivity index (χ0n) is 20.4. The predicted octanol–water partition coefficient (Wildman–Crippen LogP) is 3.34. The van der Waals surface area contributed by atoms with Crippen LogP contribution in [0.15, 0.2) is 23.0 Å². The number of alkyl carbamates (subject to hydrolysis) is 1. The number of amides is 1. The highest BCUT2D eigenvalue weighted by Crippen LogP contribution is 2.17. The van der Waals surface area contributed by atoms with Crippen LogP contribution in [0.2, 0.25) is 0 Å². The van der Waals surface area contributed by atoms with Crippen LogP contribution in [0.25, 0.3) is 0 Å². The van der Waals surface area contributed by atoms with Crippen molar-refractivity contribution in [2.45, 2.75) is 79.4 Å². The van der Waals surface area contributed by atoms with Crippen LogP contribution in [0.3, 0.4) is 0 Å². The maximum Gasteiger partial charge on any atom is 0.407 e. The summed E-state index contributed by atoms with van der Waals surface area (Å²) >= 11 is 0. The van der Waals surface area contributed by atoms with Crippen LogP contribution in [-0.4, -0.2) is 66.4 Å². The highest BCUT2D eigenvalue weighted by Gasteiger charge is 2.27. The lowest BCUT2D eigenvalue weighted by Crippen LogP contribution is -2.52. The third kappa shape index (κ3) is 10.6. The van der Waals surface area contributed by atoms with Gasteiger partial charge in [0.05, 0.1) is 13.3 Å². The molecule has 1 fully saturated rings. The van der Waals surface area contributed by atoms with Crippen molar-refractivity contribution >= 4 is 12.1 Å². The van der Waals surface area contributed by atoms with E-state index in [1.54, 1.807) is 13.8 Å². The van der Waals surface area contributed by atoms with Gasteiger partial charge >= 0.3 is 12.1 Å². The fourth-order valence-electron chi connectivity index (χ4n) is 3.52. The number of nitrogens with zero attached hydrogens (tertiary/aromatic N) is 2. The van der Waals surface area contributed by atoms with Crippen LogP contribution in [0.4, 0.5) is 4.79 Å². The Labute approximate surface area is 187 Å².